The Labute approximate surface area is 171 Å². The van der Waals surface area contributed by atoms with Gasteiger partial charge in [-0.1, -0.05) is 29.8 Å². The number of aryl methyl sites for hydroxylation is 1. The molecule has 1 aromatic heterocycles. The zero-order chi connectivity index (χ0) is 20.6. The first-order valence-corrected chi connectivity index (χ1v) is 10.9. The summed E-state index contributed by atoms with van der Waals surface area (Å²) in [6.07, 6.45) is 0. The van der Waals surface area contributed by atoms with E-state index >= 15 is 0 Å². The van der Waals surface area contributed by atoms with E-state index in [4.69, 9.17) is 14.2 Å². The number of sulfonamides is 1. The maximum absolute atomic E-state index is 13.3. The molecule has 9 heteroatoms. The van der Waals surface area contributed by atoms with Crippen LogP contribution in [-0.4, -0.2) is 28.3 Å². The second-order valence-electron chi connectivity index (χ2n) is 6.34. The Bertz CT molecular complexity index is 1180. The number of carbonyl (C=O) groups is 1. The van der Waals surface area contributed by atoms with Crippen LogP contribution in [0.4, 0.5) is 5.69 Å². The number of esters is 1. The molecule has 1 N–H and O–H groups in total. The van der Waals surface area contributed by atoms with Gasteiger partial charge in [0, 0.05) is 17.0 Å². The minimum atomic E-state index is -4.10. The molecular formula is C20H17NO6S2. The van der Waals surface area contributed by atoms with E-state index in [9.17, 15) is 13.2 Å². The monoisotopic (exact) mass is 431 g/mol. The van der Waals surface area contributed by atoms with Crippen molar-refractivity contribution in [2.45, 2.75) is 11.8 Å². The fourth-order valence-electron chi connectivity index (χ4n) is 2.95. The highest BCUT2D eigenvalue weighted by molar-refractivity contribution is 7.93. The lowest BCUT2D eigenvalue weighted by molar-refractivity contribution is 0.0602. The molecule has 3 aromatic rings. The van der Waals surface area contributed by atoms with Crippen molar-refractivity contribution in [1.82, 2.24) is 0 Å². The highest BCUT2D eigenvalue weighted by Crippen LogP contribution is 2.38. The summed E-state index contributed by atoms with van der Waals surface area (Å²) in [5.74, 6) is 0.279. The van der Waals surface area contributed by atoms with E-state index in [1.165, 1.54) is 13.2 Å². The van der Waals surface area contributed by atoms with Gasteiger partial charge in [0.25, 0.3) is 10.0 Å². The highest BCUT2D eigenvalue weighted by atomic mass is 32.2. The number of anilines is 1. The average molecular weight is 431 g/mol. The normalized spacial score (nSPS) is 12.6. The molecule has 4 rings (SSSR count). The average Bonchev–Trinajstić information content (AvgIpc) is 3.34. The number of nitrogens with one attached hydrogen (secondary N) is 1. The first-order valence-electron chi connectivity index (χ1n) is 8.58. The number of hydrogen-bond donors (Lipinski definition) is 1. The minimum Gasteiger partial charge on any atom is -0.465 e. The molecule has 2 heterocycles. The highest BCUT2D eigenvalue weighted by Gasteiger charge is 2.30. The summed E-state index contributed by atoms with van der Waals surface area (Å²) in [5.41, 5.74) is 2.46. The summed E-state index contributed by atoms with van der Waals surface area (Å²) in [5, 5.41) is 1.64. The fourth-order valence-corrected chi connectivity index (χ4v) is 5.71. The number of hydrogen-bond acceptors (Lipinski definition) is 7. The van der Waals surface area contributed by atoms with Gasteiger partial charge in [-0.2, -0.15) is 0 Å². The van der Waals surface area contributed by atoms with Gasteiger partial charge in [-0.05, 0) is 24.6 Å². The van der Waals surface area contributed by atoms with Crippen LogP contribution in [0.5, 0.6) is 11.5 Å². The molecule has 1 aliphatic heterocycles. The van der Waals surface area contributed by atoms with Crippen molar-refractivity contribution in [1.29, 1.82) is 0 Å². The van der Waals surface area contributed by atoms with Crippen LogP contribution in [0.25, 0.3) is 11.1 Å². The smallest absolute Gasteiger partial charge is 0.349 e. The molecule has 29 heavy (non-hydrogen) atoms. The SMILES string of the molecule is COC(=O)c1scc(-c2ccc(C)cc2)c1S(=O)(=O)Nc1ccc2c(c1)OCO2. The van der Waals surface area contributed by atoms with E-state index in [0.29, 0.717) is 28.3 Å². The first-order chi connectivity index (χ1) is 13.9. The van der Waals surface area contributed by atoms with E-state index in [0.717, 1.165) is 16.9 Å². The minimum absolute atomic E-state index is 0.0105. The molecule has 0 fully saturated rings. The number of ether oxygens (including phenoxy) is 3. The predicted octanol–water partition coefficient (Wildman–Crippen LogP) is 4.04. The van der Waals surface area contributed by atoms with Crippen LogP contribution < -0.4 is 14.2 Å². The molecule has 0 radical (unpaired) electrons. The number of thiophene rings is 1. The summed E-state index contributed by atoms with van der Waals surface area (Å²) in [6.45, 7) is 2.02. The Morgan fingerprint density at radius 2 is 1.83 bits per heavy atom. The third kappa shape index (κ3) is 3.66. The van der Waals surface area contributed by atoms with Crippen LogP contribution in [0.15, 0.2) is 52.7 Å². The van der Waals surface area contributed by atoms with Gasteiger partial charge in [-0.15, -0.1) is 11.3 Å². The van der Waals surface area contributed by atoms with Crippen molar-refractivity contribution in [3.05, 3.63) is 58.3 Å². The predicted molar refractivity (Wildman–Crippen MR) is 109 cm³/mol. The first kappa shape index (κ1) is 19.3. The Morgan fingerprint density at radius 3 is 2.55 bits per heavy atom. The van der Waals surface area contributed by atoms with Crippen molar-refractivity contribution in [3.8, 4) is 22.6 Å². The molecule has 0 aliphatic carbocycles. The van der Waals surface area contributed by atoms with Crippen molar-refractivity contribution >= 4 is 33.0 Å². The van der Waals surface area contributed by atoms with Gasteiger partial charge in [0.2, 0.25) is 6.79 Å². The summed E-state index contributed by atoms with van der Waals surface area (Å²) in [4.78, 5) is 12.1. The number of benzene rings is 2. The van der Waals surface area contributed by atoms with Crippen molar-refractivity contribution < 1.29 is 27.4 Å². The lowest BCUT2D eigenvalue weighted by Gasteiger charge is -2.12. The molecule has 2 aromatic carbocycles. The van der Waals surface area contributed by atoms with E-state index in [1.54, 1.807) is 17.5 Å². The largest absolute Gasteiger partial charge is 0.465 e. The lowest BCUT2D eigenvalue weighted by Crippen LogP contribution is -2.16. The maximum atomic E-state index is 13.3. The maximum Gasteiger partial charge on any atom is 0.349 e. The van der Waals surface area contributed by atoms with Crippen LogP contribution in [0.1, 0.15) is 15.2 Å². The summed E-state index contributed by atoms with van der Waals surface area (Å²) in [7, 11) is -2.88. The fraction of sp³-hybridized carbons (Fsp3) is 0.150. The lowest BCUT2D eigenvalue weighted by atomic mass is 10.1. The number of rotatable bonds is 5. The van der Waals surface area contributed by atoms with Gasteiger partial charge in [-0.3, -0.25) is 4.72 Å². The standard InChI is InChI=1S/C20H17NO6S2/c1-12-3-5-13(6-4-12)15-10-28-18(20(22)25-2)19(15)29(23,24)21-14-7-8-16-17(9-14)27-11-26-16/h3-10,21H,11H2,1-2H3. The van der Waals surface area contributed by atoms with Gasteiger partial charge < -0.3 is 14.2 Å². The molecule has 0 atom stereocenters. The van der Waals surface area contributed by atoms with E-state index in [-0.39, 0.29) is 16.6 Å². The molecule has 7 nitrogen and oxygen atoms in total. The molecule has 0 spiro atoms. The van der Waals surface area contributed by atoms with Crippen LogP contribution in [0.2, 0.25) is 0 Å². The second kappa shape index (κ2) is 7.41. The van der Waals surface area contributed by atoms with E-state index in [2.05, 4.69) is 4.72 Å². The van der Waals surface area contributed by atoms with Crippen molar-refractivity contribution in [2.75, 3.05) is 18.6 Å². The molecule has 0 saturated carbocycles. The van der Waals surface area contributed by atoms with Crippen LogP contribution >= 0.6 is 11.3 Å². The quantitative estimate of drug-likeness (QED) is 0.613. The van der Waals surface area contributed by atoms with Gasteiger partial charge in [0.1, 0.15) is 9.77 Å². The molecule has 1 aliphatic rings. The number of methoxy groups -OCH3 is 1. The number of carbonyl (C=O) groups excluding carboxylic acids is 1. The Kier molecular flexibility index (Phi) is 4.93. The van der Waals surface area contributed by atoms with Crippen LogP contribution in [0.3, 0.4) is 0 Å². The molecule has 0 unspecified atom stereocenters. The molecule has 0 amide bonds. The second-order valence-corrected chi connectivity index (χ2v) is 8.84. The summed E-state index contributed by atoms with van der Waals surface area (Å²) < 4.78 is 44.4. The molecule has 150 valence electrons. The third-order valence-corrected chi connectivity index (χ3v) is 6.93. The zero-order valence-electron chi connectivity index (χ0n) is 15.6. The number of fused-ring (bicyclic) bond motifs is 1. The Morgan fingerprint density at radius 1 is 1.10 bits per heavy atom. The van der Waals surface area contributed by atoms with Crippen molar-refractivity contribution in [2.24, 2.45) is 0 Å². The van der Waals surface area contributed by atoms with Crippen LogP contribution in [0, 0.1) is 6.92 Å². The summed E-state index contributed by atoms with van der Waals surface area (Å²) >= 11 is 1.03. The van der Waals surface area contributed by atoms with Crippen molar-refractivity contribution in [3.63, 3.8) is 0 Å². The Hall–Kier alpha value is -3.04. The third-order valence-electron chi connectivity index (χ3n) is 4.37. The zero-order valence-corrected chi connectivity index (χ0v) is 17.2. The van der Waals surface area contributed by atoms with Gasteiger partial charge in [-0.25, -0.2) is 13.2 Å². The Balaban J connectivity index is 1.79. The van der Waals surface area contributed by atoms with Gasteiger partial charge in [0.15, 0.2) is 11.5 Å². The van der Waals surface area contributed by atoms with Crippen LogP contribution in [-0.2, 0) is 14.8 Å². The molecule has 0 saturated heterocycles. The topological polar surface area (TPSA) is 90.9 Å². The van der Waals surface area contributed by atoms with Gasteiger partial charge >= 0.3 is 5.97 Å². The van der Waals surface area contributed by atoms with E-state index < -0.39 is 16.0 Å². The molecular weight excluding hydrogens is 414 g/mol. The van der Waals surface area contributed by atoms with Gasteiger partial charge in [0.05, 0.1) is 12.8 Å². The summed E-state index contributed by atoms with van der Waals surface area (Å²) in [6, 6.07) is 12.1. The van der Waals surface area contributed by atoms with E-state index in [1.807, 2.05) is 31.2 Å². The molecule has 0 bridgehead atoms.